The molecule has 0 radical (unpaired) electrons. The van der Waals surface area contributed by atoms with Crippen LogP contribution in [-0.2, 0) is 15.1 Å². The SMILES string of the molecule is CCC(CC)N(CCOC)C(=O)CNC1(c2noc(C)n2)CCCCC1. The van der Waals surface area contributed by atoms with Crippen LogP contribution >= 0.6 is 0 Å². The predicted molar refractivity (Wildman–Crippen MR) is 99.8 cm³/mol. The minimum absolute atomic E-state index is 0.112. The first-order valence-electron chi connectivity index (χ1n) is 9.90. The van der Waals surface area contributed by atoms with Crippen molar-refractivity contribution < 1.29 is 14.1 Å². The fraction of sp³-hybridized carbons (Fsp3) is 0.842. The molecule has 7 heteroatoms. The summed E-state index contributed by atoms with van der Waals surface area (Å²) in [5.74, 6) is 1.37. The van der Waals surface area contributed by atoms with Gasteiger partial charge in [-0.3, -0.25) is 10.1 Å². The maximum Gasteiger partial charge on any atom is 0.236 e. The van der Waals surface area contributed by atoms with Crippen LogP contribution in [0.15, 0.2) is 4.52 Å². The Balaban J connectivity index is 2.09. The molecule has 0 unspecified atom stereocenters. The lowest BCUT2D eigenvalue weighted by molar-refractivity contribution is -0.134. The zero-order chi connectivity index (χ0) is 19.0. The van der Waals surface area contributed by atoms with Crippen LogP contribution in [0.3, 0.4) is 0 Å². The van der Waals surface area contributed by atoms with Crippen molar-refractivity contribution in [3.63, 3.8) is 0 Å². The molecule has 0 aliphatic heterocycles. The lowest BCUT2D eigenvalue weighted by Gasteiger charge is -2.37. The van der Waals surface area contributed by atoms with Crippen LogP contribution < -0.4 is 5.32 Å². The molecule has 7 nitrogen and oxygen atoms in total. The minimum atomic E-state index is -0.355. The molecule has 0 spiro atoms. The molecule has 1 heterocycles. The number of hydrogen-bond acceptors (Lipinski definition) is 6. The van der Waals surface area contributed by atoms with E-state index in [0.29, 0.717) is 24.9 Å². The molecule has 0 bridgehead atoms. The van der Waals surface area contributed by atoms with E-state index < -0.39 is 0 Å². The number of aryl methyl sites for hydroxylation is 1. The van der Waals surface area contributed by atoms with E-state index in [1.54, 1.807) is 14.0 Å². The van der Waals surface area contributed by atoms with Crippen LogP contribution in [0.25, 0.3) is 0 Å². The summed E-state index contributed by atoms with van der Waals surface area (Å²) in [6, 6.07) is 0.245. The van der Waals surface area contributed by atoms with Gasteiger partial charge < -0.3 is 14.2 Å². The van der Waals surface area contributed by atoms with Gasteiger partial charge in [0.25, 0.3) is 0 Å². The topological polar surface area (TPSA) is 80.5 Å². The maximum atomic E-state index is 13.0. The van der Waals surface area contributed by atoms with E-state index in [2.05, 4.69) is 29.3 Å². The van der Waals surface area contributed by atoms with Gasteiger partial charge in [-0.05, 0) is 25.7 Å². The van der Waals surface area contributed by atoms with Crippen LogP contribution in [0.1, 0.15) is 70.5 Å². The zero-order valence-corrected chi connectivity index (χ0v) is 16.7. The summed E-state index contributed by atoms with van der Waals surface area (Å²) in [7, 11) is 1.67. The van der Waals surface area contributed by atoms with Crippen molar-refractivity contribution in [2.24, 2.45) is 0 Å². The van der Waals surface area contributed by atoms with Gasteiger partial charge in [0.05, 0.1) is 18.7 Å². The average molecular weight is 367 g/mol. The van der Waals surface area contributed by atoms with Gasteiger partial charge in [0.15, 0.2) is 5.82 Å². The number of hydrogen-bond donors (Lipinski definition) is 1. The van der Waals surface area contributed by atoms with Crippen molar-refractivity contribution in [1.82, 2.24) is 20.4 Å². The Morgan fingerprint density at radius 3 is 2.54 bits per heavy atom. The van der Waals surface area contributed by atoms with E-state index in [1.165, 1.54) is 6.42 Å². The maximum absolute atomic E-state index is 13.0. The van der Waals surface area contributed by atoms with Crippen molar-refractivity contribution in [3.05, 3.63) is 11.7 Å². The molecule has 1 aliphatic rings. The zero-order valence-electron chi connectivity index (χ0n) is 16.7. The van der Waals surface area contributed by atoms with Crippen molar-refractivity contribution in [2.75, 3.05) is 26.8 Å². The summed E-state index contributed by atoms with van der Waals surface area (Å²) in [6.45, 7) is 7.51. The highest BCUT2D eigenvalue weighted by molar-refractivity contribution is 5.78. The molecule has 0 saturated heterocycles. The van der Waals surface area contributed by atoms with E-state index >= 15 is 0 Å². The summed E-state index contributed by atoms with van der Waals surface area (Å²) < 4.78 is 10.4. The molecule has 148 valence electrons. The predicted octanol–water partition coefficient (Wildman–Crippen LogP) is 2.79. The first kappa shape index (κ1) is 20.8. The highest BCUT2D eigenvalue weighted by Crippen LogP contribution is 2.35. The number of methoxy groups -OCH3 is 1. The van der Waals surface area contributed by atoms with E-state index in [4.69, 9.17) is 9.26 Å². The average Bonchev–Trinajstić information content (AvgIpc) is 3.11. The fourth-order valence-electron chi connectivity index (χ4n) is 3.90. The summed E-state index contributed by atoms with van der Waals surface area (Å²) in [5, 5.41) is 7.67. The number of aromatic nitrogens is 2. The molecule has 1 saturated carbocycles. The monoisotopic (exact) mass is 366 g/mol. The van der Waals surface area contributed by atoms with Gasteiger partial charge in [-0.15, -0.1) is 0 Å². The molecular weight excluding hydrogens is 332 g/mol. The molecule has 26 heavy (non-hydrogen) atoms. The highest BCUT2D eigenvalue weighted by Gasteiger charge is 2.38. The third-order valence-electron chi connectivity index (χ3n) is 5.48. The van der Waals surface area contributed by atoms with Crippen LogP contribution in [0.2, 0.25) is 0 Å². The second-order valence-corrected chi connectivity index (χ2v) is 7.18. The van der Waals surface area contributed by atoms with Gasteiger partial charge >= 0.3 is 0 Å². The molecular formula is C19H34N4O3. The van der Waals surface area contributed by atoms with Crippen molar-refractivity contribution >= 4 is 5.91 Å². The second-order valence-electron chi connectivity index (χ2n) is 7.18. The number of rotatable bonds is 10. The molecule has 1 fully saturated rings. The number of carbonyl (C=O) groups is 1. The third kappa shape index (κ3) is 5.04. The number of amides is 1. The Morgan fingerprint density at radius 1 is 1.31 bits per heavy atom. The Hall–Kier alpha value is -1.47. The van der Waals surface area contributed by atoms with Crippen LogP contribution in [0, 0.1) is 6.92 Å². The van der Waals surface area contributed by atoms with Crippen molar-refractivity contribution in [1.29, 1.82) is 0 Å². The standard InChI is InChI=1S/C19H34N4O3/c1-5-16(6-2)23(12-13-25-4)17(24)14-20-19(10-8-7-9-11-19)18-21-15(3)26-22-18/h16,20H,5-14H2,1-4H3. The first-order valence-corrected chi connectivity index (χ1v) is 9.90. The van der Waals surface area contributed by atoms with Crippen molar-refractivity contribution in [2.45, 2.75) is 77.3 Å². The summed E-state index contributed by atoms with van der Waals surface area (Å²) in [6.07, 6.45) is 7.18. The molecule has 1 aliphatic carbocycles. The molecule has 0 aromatic carbocycles. The van der Waals surface area contributed by atoms with Gasteiger partial charge in [-0.1, -0.05) is 38.3 Å². The van der Waals surface area contributed by atoms with Gasteiger partial charge in [0, 0.05) is 26.6 Å². The first-order chi connectivity index (χ1) is 12.6. The highest BCUT2D eigenvalue weighted by atomic mass is 16.5. The number of nitrogens with one attached hydrogen (secondary N) is 1. The lowest BCUT2D eigenvalue weighted by Crippen LogP contribution is -2.52. The molecule has 1 aromatic rings. The normalized spacial score (nSPS) is 16.8. The molecule has 1 N–H and O–H groups in total. The van der Waals surface area contributed by atoms with E-state index in [1.807, 2.05) is 4.90 Å². The molecule has 2 rings (SSSR count). The number of ether oxygens (including phenoxy) is 1. The fourth-order valence-corrected chi connectivity index (χ4v) is 3.90. The Kier molecular flexibility index (Phi) is 8.03. The van der Waals surface area contributed by atoms with Gasteiger partial charge in [0.1, 0.15) is 0 Å². The second kappa shape index (κ2) is 10.0. The number of nitrogens with zero attached hydrogens (tertiary/aromatic N) is 3. The van der Waals surface area contributed by atoms with Gasteiger partial charge in [-0.25, -0.2) is 0 Å². The van der Waals surface area contributed by atoms with Crippen LogP contribution in [0.4, 0.5) is 0 Å². The van der Waals surface area contributed by atoms with E-state index in [-0.39, 0.29) is 24.0 Å². The van der Waals surface area contributed by atoms with E-state index in [9.17, 15) is 4.79 Å². The largest absolute Gasteiger partial charge is 0.383 e. The van der Waals surface area contributed by atoms with Gasteiger partial charge in [-0.2, -0.15) is 4.98 Å². The van der Waals surface area contributed by atoms with Crippen molar-refractivity contribution in [3.8, 4) is 0 Å². The lowest BCUT2D eigenvalue weighted by atomic mass is 9.81. The number of carbonyl (C=O) groups excluding carboxylic acids is 1. The minimum Gasteiger partial charge on any atom is -0.383 e. The summed E-state index contributed by atoms with van der Waals surface area (Å²) in [5.41, 5.74) is -0.355. The van der Waals surface area contributed by atoms with Crippen LogP contribution in [-0.4, -0.2) is 53.8 Å². The smallest absolute Gasteiger partial charge is 0.236 e. The Bertz CT molecular complexity index is 551. The van der Waals surface area contributed by atoms with E-state index in [0.717, 1.165) is 38.5 Å². The molecule has 1 aromatic heterocycles. The summed E-state index contributed by atoms with van der Waals surface area (Å²) >= 11 is 0. The molecule has 1 amide bonds. The Labute approximate surface area is 156 Å². The van der Waals surface area contributed by atoms with Crippen LogP contribution in [0.5, 0.6) is 0 Å². The summed E-state index contributed by atoms with van der Waals surface area (Å²) in [4.78, 5) is 19.4. The quantitative estimate of drug-likeness (QED) is 0.686. The third-order valence-corrected chi connectivity index (χ3v) is 5.48. The Morgan fingerprint density at radius 2 is 2.00 bits per heavy atom. The van der Waals surface area contributed by atoms with Gasteiger partial charge in [0.2, 0.25) is 11.8 Å². The molecule has 0 atom stereocenters.